The largest absolute Gasteiger partial charge is 0.478 e. The molecule has 0 radical (unpaired) electrons. The lowest BCUT2D eigenvalue weighted by atomic mass is 10.3. The van der Waals surface area contributed by atoms with E-state index >= 15 is 0 Å². The van der Waals surface area contributed by atoms with Crippen LogP contribution in [0.1, 0.15) is 23.2 Å². The van der Waals surface area contributed by atoms with E-state index < -0.39 is 5.24 Å². The summed E-state index contributed by atoms with van der Waals surface area (Å²) in [5.41, 5.74) is 0.354. The molecule has 1 aromatic heterocycles. The molecule has 0 fully saturated rings. The molecule has 0 N–H and O–H groups in total. The van der Waals surface area contributed by atoms with Crippen molar-refractivity contribution < 1.29 is 9.53 Å². The van der Waals surface area contributed by atoms with Crippen LogP contribution >= 0.6 is 11.6 Å². The molecule has 0 saturated heterocycles. The van der Waals surface area contributed by atoms with Gasteiger partial charge in [-0.05, 0) is 24.1 Å². The van der Waals surface area contributed by atoms with Crippen molar-refractivity contribution in [2.75, 3.05) is 6.61 Å². The number of hydrogen-bond acceptors (Lipinski definition) is 3. The summed E-state index contributed by atoms with van der Waals surface area (Å²) in [4.78, 5) is 14.6. The Bertz CT molecular complexity index is 367. The van der Waals surface area contributed by atoms with Crippen LogP contribution in [0.3, 0.4) is 0 Å². The molecule has 78 valence electrons. The molecule has 0 aromatic carbocycles. The van der Waals surface area contributed by atoms with E-state index in [4.69, 9.17) is 22.8 Å². The molecule has 4 heteroatoms. The zero-order valence-corrected chi connectivity index (χ0v) is 8.83. The monoisotopic (exact) mass is 223 g/mol. The summed E-state index contributed by atoms with van der Waals surface area (Å²) < 4.78 is 5.28. The second-order valence-corrected chi connectivity index (χ2v) is 3.16. The Balaban J connectivity index is 2.43. The van der Waals surface area contributed by atoms with Crippen molar-refractivity contribution >= 4 is 16.8 Å². The van der Waals surface area contributed by atoms with E-state index in [9.17, 15) is 4.79 Å². The minimum atomic E-state index is -0.526. The molecule has 1 aromatic rings. The van der Waals surface area contributed by atoms with Gasteiger partial charge < -0.3 is 4.74 Å². The third kappa shape index (κ3) is 4.01. The first-order chi connectivity index (χ1) is 7.24. The van der Waals surface area contributed by atoms with Gasteiger partial charge >= 0.3 is 0 Å². The minimum Gasteiger partial charge on any atom is -0.478 e. The second kappa shape index (κ2) is 6.05. The molecule has 0 amide bonds. The first-order valence-electron chi connectivity index (χ1n) is 4.46. The molecule has 0 saturated carbocycles. The average molecular weight is 224 g/mol. The molecule has 0 bridgehead atoms. The molecular formula is C11H10ClNO2. The Kier molecular flexibility index (Phi) is 4.65. The normalized spacial score (nSPS) is 9.33. The van der Waals surface area contributed by atoms with Crippen molar-refractivity contribution in [3.8, 4) is 18.2 Å². The van der Waals surface area contributed by atoms with Gasteiger partial charge in [0.15, 0.2) is 0 Å². The number of aromatic nitrogens is 1. The van der Waals surface area contributed by atoms with Gasteiger partial charge in [-0.15, -0.1) is 12.3 Å². The second-order valence-electron chi connectivity index (χ2n) is 2.81. The van der Waals surface area contributed by atoms with Crippen LogP contribution in [0.15, 0.2) is 18.3 Å². The zero-order chi connectivity index (χ0) is 11.1. The quantitative estimate of drug-likeness (QED) is 0.437. The van der Waals surface area contributed by atoms with E-state index in [2.05, 4.69) is 10.9 Å². The van der Waals surface area contributed by atoms with Gasteiger partial charge in [-0.2, -0.15) is 0 Å². The average Bonchev–Trinajstić information content (AvgIpc) is 2.25. The fraction of sp³-hybridized carbons (Fsp3) is 0.273. The molecule has 0 unspecified atom stereocenters. The van der Waals surface area contributed by atoms with Gasteiger partial charge in [-0.3, -0.25) is 4.79 Å². The summed E-state index contributed by atoms with van der Waals surface area (Å²) in [6, 6.07) is 3.17. The van der Waals surface area contributed by atoms with Crippen molar-refractivity contribution in [1.82, 2.24) is 4.98 Å². The van der Waals surface area contributed by atoms with E-state index in [0.717, 1.165) is 6.42 Å². The van der Waals surface area contributed by atoms with Gasteiger partial charge in [-0.25, -0.2) is 4.98 Å². The van der Waals surface area contributed by atoms with E-state index in [1.165, 1.54) is 6.20 Å². The van der Waals surface area contributed by atoms with Crippen LogP contribution in [0, 0.1) is 12.3 Å². The molecule has 0 spiro atoms. The Morgan fingerprint density at radius 2 is 2.40 bits per heavy atom. The SMILES string of the molecule is C#CCCCOc1ccc(C(=O)Cl)cn1. The molecule has 15 heavy (non-hydrogen) atoms. The number of hydrogen-bond donors (Lipinski definition) is 0. The minimum absolute atomic E-state index is 0.354. The maximum atomic E-state index is 10.7. The van der Waals surface area contributed by atoms with Crippen LogP contribution < -0.4 is 4.74 Å². The maximum Gasteiger partial charge on any atom is 0.253 e. The topological polar surface area (TPSA) is 39.2 Å². The molecule has 3 nitrogen and oxygen atoms in total. The third-order valence-corrected chi connectivity index (χ3v) is 1.90. The highest BCUT2D eigenvalue weighted by Gasteiger charge is 2.02. The number of halogens is 1. The van der Waals surface area contributed by atoms with Crippen LogP contribution in [-0.2, 0) is 0 Å². The van der Waals surface area contributed by atoms with Crippen molar-refractivity contribution in [3.05, 3.63) is 23.9 Å². The molecule has 1 rings (SSSR count). The highest BCUT2D eigenvalue weighted by atomic mass is 35.5. The van der Waals surface area contributed by atoms with Gasteiger partial charge in [0.25, 0.3) is 5.24 Å². The lowest BCUT2D eigenvalue weighted by Gasteiger charge is -2.03. The number of terminal acetylenes is 1. The van der Waals surface area contributed by atoms with Crippen molar-refractivity contribution in [3.63, 3.8) is 0 Å². The van der Waals surface area contributed by atoms with E-state index in [1.54, 1.807) is 12.1 Å². The molecule has 1 heterocycles. The summed E-state index contributed by atoms with van der Waals surface area (Å²) in [7, 11) is 0. The van der Waals surface area contributed by atoms with Crippen LogP contribution in [0.4, 0.5) is 0 Å². The Morgan fingerprint density at radius 3 is 2.93 bits per heavy atom. The van der Waals surface area contributed by atoms with Crippen LogP contribution in [0.25, 0.3) is 0 Å². The standard InChI is InChI=1S/C11H10ClNO2/c1-2-3-4-7-15-10-6-5-9(8-13-10)11(12)14/h1,5-6,8H,3-4,7H2. The Labute approximate surface area is 93.4 Å². The summed E-state index contributed by atoms with van der Waals surface area (Å²) in [5.74, 6) is 2.98. The van der Waals surface area contributed by atoms with Crippen molar-refractivity contribution in [1.29, 1.82) is 0 Å². The van der Waals surface area contributed by atoms with E-state index in [1.807, 2.05) is 0 Å². The molecular weight excluding hydrogens is 214 g/mol. The third-order valence-electron chi connectivity index (χ3n) is 1.68. The fourth-order valence-corrected chi connectivity index (χ4v) is 1.04. The first kappa shape index (κ1) is 11.5. The predicted molar refractivity (Wildman–Crippen MR) is 58.0 cm³/mol. The number of pyridine rings is 1. The maximum absolute atomic E-state index is 10.7. The van der Waals surface area contributed by atoms with E-state index in [0.29, 0.717) is 24.5 Å². The van der Waals surface area contributed by atoms with Crippen LogP contribution in [0.2, 0.25) is 0 Å². The lowest BCUT2D eigenvalue weighted by Crippen LogP contribution is -1.99. The first-order valence-corrected chi connectivity index (χ1v) is 4.84. The van der Waals surface area contributed by atoms with Crippen molar-refractivity contribution in [2.24, 2.45) is 0 Å². The van der Waals surface area contributed by atoms with Gasteiger partial charge in [0, 0.05) is 18.7 Å². The highest BCUT2D eigenvalue weighted by Crippen LogP contribution is 2.09. The van der Waals surface area contributed by atoms with Gasteiger partial charge in [0.05, 0.1) is 12.2 Å². The molecule has 0 aliphatic heterocycles. The highest BCUT2D eigenvalue weighted by molar-refractivity contribution is 6.67. The van der Waals surface area contributed by atoms with Gasteiger partial charge in [0.1, 0.15) is 0 Å². The fourth-order valence-electron chi connectivity index (χ4n) is 0.933. The lowest BCUT2D eigenvalue weighted by molar-refractivity contribution is 0.108. The molecule has 0 aliphatic rings. The van der Waals surface area contributed by atoms with Crippen molar-refractivity contribution in [2.45, 2.75) is 12.8 Å². The number of carbonyl (C=O) groups is 1. The Morgan fingerprint density at radius 1 is 1.60 bits per heavy atom. The van der Waals surface area contributed by atoms with Crippen LogP contribution in [0.5, 0.6) is 5.88 Å². The predicted octanol–water partition coefficient (Wildman–Crippen LogP) is 2.25. The number of unbranched alkanes of at least 4 members (excludes halogenated alkanes) is 1. The number of rotatable bonds is 5. The van der Waals surface area contributed by atoms with E-state index in [-0.39, 0.29) is 0 Å². The zero-order valence-electron chi connectivity index (χ0n) is 8.07. The molecule has 0 atom stereocenters. The van der Waals surface area contributed by atoms with Crippen LogP contribution in [-0.4, -0.2) is 16.8 Å². The Hall–Kier alpha value is -1.53. The summed E-state index contributed by atoms with van der Waals surface area (Å²) >= 11 is 5.26. The van der Waals surface area contributed by atoms with Gasteiger partial charge in [-0.1, -0.05) is 0 Å². The summed E-state index contributed by atoms with van der Waals surface area (Å²) in [5, 5.41) is -0.526. The summed E-state index contributed by atoms with van der Waals surface area (Å²) in [6.45, 7) is 0.519. The molecule has 0 aliphatic carbocycles. The smallest absolute Gasteiger partial charge is 0.253 e. The van der Waals surface area contributed by atoms with Gasteiger partial charge in [0.2, 0.25) is 5.88 Å². The number of carbonyl (C=O) groups excluding carboxylic acids is 1. The number of nitrogens with zero attached hydrogens (tertiary/aromatic N) is 1. The summed E-state index contributed by atoms with van der Waals surface area (Å²) in [6.07, 6.45) is 7.93. The number of ether oxygens (including phenoxy) is 1.